The molecule has 0 aromatic heterocycles. The molecule has 8 heteroatoms. The molecule has 0 aliphatic heterocycles. The van der Waals surface area contributed by atoms with E-state index >= 15 is 0 Å². The molecule has 0 spiro atoms. The number of anilines is 1. The summed E-state index contributed by atoms with van der Waals surface area (Å²) in [4.78, 5) is 21.1. The average molecular weight is 347 g/mol. The number of carbonyl (C=O) groups is 2. The molecule has 24 heavy (non-hydrogen) atoms. The van der Waals surface area contributed by atoms with Gasteiger partial charge in [-0.25, -0.2) is 8.42 Å². The van der Waals surface area contributed by atoms with E-state index in [1.807, 2.05) is 0 Å². The SMILES string of the molecule is O=C([O-])CCc1ccc(S(=O)(=O)Nc2ccc(C(=O)[O-])cc2)cc1. The average Bonchev–Trinajstić information content (AvgIpc) is 2.53. The highest BCUT2D eigenvalue weighted by Gasteiger charge is 2.14. The highest BCUT2D eigenvalue weighted by atomic mass is 32.2. The molecule has 1 N–H and O–H groups in total. The molecule has 2 aromatic rings. The van der Waals surface area contributed by atoms with Crippen LogP contribution in [0.2, 0.25) is 0 Å². The zero-order valence-electron chi connectivity index (χ0n) is 12.4. The lowest BCUT2D eigenvalue weighted by atomic mass is 10.1. The summed E-state index contributed by atoms with van der Waals surface area (Å²) in [6, 6.07) is 10.9. The van der Waals surface area contributed by atoms with Crippen molar-refractivity contribution < 1.29 is 28.2 Å². The molecule has 0 unspecified atom stereocenters. The summed E-state index contributed by atoms with van der Waals surface area (Å²) < 4.78 is 26.8. The Morgan fingerprint density at radius 2 is 1.50 bits per heavy atom. The van der Waals surface area contributed by atoms with Gasteiger partial charge in [-0.2, -0.15) is 0 Å². The zero-order chi connectivity index (χ0) is 17.7. The number of carbonyl (C=O) groups excluding carboxylic acids is 2. The van der Waals surface area contributed by atoms with Gasteiger partial charge in [-0.1, -0.05) is 24.3 Å². The summed E-state index contributed by atoms with van der Waals surface area (Å²) in [5.41, 5.74) is 0.827. The number of carboxylic acid groups (broad SMARTS) is 2. The van der Waals surface area contributed by atoms with Crippen LogP contribution in [0, 0.1) is 0 Å². The van der Waals surface area contributed by atoms with Gasteiger partial charge in [0.05, 0.1) is 10.9 Å². The molecule has 0 saturated heterocycles. The molecule has 0 heterocycles. The van der Waals surface area contributed by atoms with E-state index in [-0.39, 0.29) is 29.0 Å². The topological polar surface area (TPSA) is 126 Å². The Hall–Kier alpha value is -2.87. The Morgan fingerprint density at radius 3 is 2.00 bits per heavy atom. The maximum atomic E-state index is 12.3. The van der Waals surface area contributed by atoms with Crippen LogP contribution < -0.4 is 14.9 Å². The second-order valence-electron chi connectivity index (χ2n) is 4.99. The lowest BCUT2D eigenvalue weighted by molar-refractivity contribution is -0.305. The van der Waals surface area contributed by atoms with E-state index in [2.05, 4.69) is 4.72 Å². The van der Waals surface area contributed by atoms with Crippen LogP contribution in [-0.4, -0.2) is 20.4 Å². The number of carboxylic acids is 2. The Kier molecular flexibility index (Phi) is 5.20. The molecule has 2 rings (SSSR count). The quantitative estimate of drug-likeness (QED) is 0.722. The minimum atomic E-state index is -3.84. The highest BCUT2D eigenvalue weighted by Crippen LogP contribution is 2.17. The van der Waals surface area contributed by atoms with Crippen molar-refractivity contribution in [3.05, 3.63) is 59.7 Å². The third-order valence-electron chi connectivity index (χ3n) is 3.22. The first kappa shape index (κ1) is 17.5. The second-order valence-corrected chi connectivity index (χ2v) is 6.67. The van der Waals surface area contributed by atoms with Crippen LogP contribution in [0.25, 0.3) is 0 Å². The largest absolute Gasteiger partial charge is 0.550 e. The molecule has 0 amide bonds. The lowest BCUT2D eigenvalue weighted by Gasteiger charge is -2.10. The fraction of sp³-hybridized carbons (Fsp3) is 0.125. The zero-order valence-corrected chi connectivity index (χ0v) is 13.2. The predicted octanol–water partition coefficient (Wildman–Crippen LogP) is -0.467. The Balaban J connectivity index is 2.12. The van der Waals surface area contributed by atoms with E-state index in [4.69, 9.17) is 0 Å². The second kappa shape index (κ2) is 7.14. The normalized spacial score (nSPS) is 11.0. The number of rotatable bonds is 7. The molecule has 0 radical (unpaired) electrons. The number of sulfonamides is 1. The van der Waals surface area contributed by atoms with E-state index in [1.165, 1.54) is 48.5 Å². The summed E-state index contributed by atoms with van der Waals surface area (Å²) >= 11 is 0. The van der Waals surface area contributed by atoms with Gasteiger partial charge >= 0.3 is 0 Å². The van der Waals surface area contributed by atoms with Crippen LogP contribution in [0.15, 0.2) is 53.4 Å². The molecule has 0 saturated carbocycles. The number of nitrogens with one attached hydrogen (secondary N) is 1. The monoisotopic (exact) mass is 347 g/mol. The maximum absolute atomic E-state index is 12.3. The van der Waals surface area contributed by atoms with Crippen LogP contribution in [0.5, 0.6) is 0 Å². The summed E-state index contributed by atoms with van der Waals surface area (Å²) in [5.74, 6) is -2.52. The van der Waals surface area contributed by atoms with Gasteiger partial charge in [-0.05, 0) is 48.2 Å². The van der Waals surface area contributed by atoms with Crippen LogP contribution >= 0.6 is 0 Å². The van der Waals surface area contributed by atoms with Crippen LogP contribution in [-0.2, 0) is 21.2 Å². The molecule has 0 atom stereocenters. The lowest BCUT2D eigenvalue weighted by Crippen LogP contribution is -2.22. The number of benzene rings is 2. The van der Waals surface area contributed by atoms with Crippen molar-refractivity contribution in [1.82, 2.24) is 0 Å². The summed E-state index contributed by atoms with van der Waals surface area (Å²) in [5, 5.41) is 21.1. The van der Waals surface area contributed by atoms with Crippen molar-refractivity contribution in [3.8, 4) is 0 Å². The van der Waals surface area contributed by atoms with Gasteiger partial charge in [-0.3, -0.25) is 4.72 Å². The summed E-state index contributed by atoms with van der Waals surface area (Å²) in [7, 11) is -3.84. The summed E-state index contributed by atoms with van der Waals surface area (Å²) in [6.07, 6.45) is 0.107. The minimum Gasteiger partial charge on any atom is -0.550 e. The van der Waals surface area contributed by atoms with Crippen LogP contribution in [0.4, 0.5) is 5.69 Å². The van der Waals surface area contributed by atoms with E-state index in [1.54, 1.807) is 0 Å². The first-order chi connectivity index (χ1) is 11.3. The first-order valence-corrected chi connectivity index (χ1v) is 8.39. The third-order valence-corrected chi connectivity index (χ3v) is 4.62. The number of aromatic carboxylic acids is 1. The molecular formula is C16H13NO6S-2. The number of aryl methyl sites for hydroxylation is 1. The van der Waals surface area contributed by atoms with E-state index < -0.39 is 22.0 Å². The molecule has 0 bridgehead atoms. The number of hydrogen-bond acceptors (Lipinski definition) is 6. The Morgan fingerprint density at radius 1 is 0.917 bits per heavy atom. The van der Waals surface area contributed by atoms with Crippen molar-refractivity contribution in [2.45, 2.75) is 17.7 Å². The van der Waals surface area contributed by atoms with Gasteiger partial charge in [0.15, 0.2) is 0 Å². The summed E-state index contributed by atoms with van der Waals surface area (Å²) in [6.45, 7) is 0. The van der Waals surface area contributed by atoms with Crippen LogP contribution in [0.3, 0.4) is 0 Å². The Bertz CT molecular complexity index is 841. The first-order valence-electron chi connectivity index (χ1n) is 6.91. The molecule has 0 aliphatic carbocycles. The molecule has 0 aliphatic rings. The Labute approximate surface area is 138 Å². The molecular weight excluding hydrogens is 334 g/mol. The highest BCUT2D eigenvalue weighted by molar-refractivity contribution is 7.92. The molecule has 126 valence electrons. The van der Waals surface area contributed by atoms with Gasteiger partial charge in [0.2, 0.25) is 0 Å². The molecule has 2 aromatic carbocycles. The number of aliphatic carboxylic acids is 1. The van der Waals surface area contributed by atoms with Gasteiger partial charge in [0.25, 0.3) is 10.0 Å². The maximum Gasteiger partial charge on any atom is 0.261 e. The van der Waals surface area contributed by atoms with Crippen molar-refractivity contribution in [1.29, 1.82) is 0 Å². The van der Waals surface area contributed by atoms with E-state index in [0.717, 1.165) is 0 Å². The minimum absolute atomic E-state index is 0.00341. The van der Waals surface area contributed by atoms with Gasteiger partial charge in [0, 0.05) is 11.7 Å². The van der Waals surface area contributed by atoms with Crippen LogP contribution in [0.1, 0.15) is 22.3 Å². The molecule has 7 nitrogen and oxygen atoms in total. The fourth-order valence-electron chi connectivity index (χ4n) is 1.97. The van der Waals surface area contributed by atoms with Gasteiger partial charge in [0.1, 0.15) is 0 Å². The van der Waals surface area contributed by atoms with E-state index in [9.17, 15) is 28.2 Å². The van der Waals surface area contributed by atoms with Gasteiger partial charge in [-0.15, -0.1) is 0 Å². The smallest absolute Gasteiger partial charge is 0.261 e. The van der Waals surface area contributed by atoms with E-state index in [0.29, 0.717) is 5.56 Å². The third kappa shape index (κ3) is 4.56. The van der Waals surface area contributed by atoms with Crippen molar-refractivity contribution in [2.24, 2.45) is 0 Å². The standard InChI is InChI=1S/C16H15NO6S/c18-15(19)10-3-11-1-8-14(9-2-11)24(22,23)17-13-6-4-12(5-7-13)16(20)21/h1-2,4-9,17H,3,10H2,(H,18,19)(H,20,21)/p-2. The predicted molar refractivity (Wildman–Crippen MR) is 81.4 cm³/mol. The van der Waals surface area contributed by atoms with Crippen molar-refractivity contribution >= 4 is 27.6 Å². The number of hydrogen-bond donors (Lipinski definition) is 1. The fourth-order valence-corrected chi connectivity index (χ4v) is 3.03. The van der Waals surface area contributed by atoms with Crippen molar-refractivity contribution in [2.75, 3.05) is 4.72 Å². The van der Waals surface area contributed by atoms with Gasteiger partial charge < -0.3 is 19.8 Å². The van der Waals surface area contributed by atoms with Crippen molar-refractivity contribution in [3.63, 3.8) is 0 Å². The molecule has 0 fully saturated rings.